The number of sulfone groups is 1. The zero-order valence-corrected chi connectivity index (χ0v) is 15.9. The number of hydrogen-bond acceptors (Lipinski definition) is 3. The summed E-state index contributed by atoms with van der Waals surface area (Å²) in [5.41, 5.74) is 1.92. The lowest BCUT2D eigenvalue weighted by Crippen LogP contribution is -3.18. The summed E-state index contributed by atoms with van der Waals surface area (Å²) in [7, 11) is -2.84. The van der Waals surface area contributed by atoms with Crippen molar-refractivity contribution in [3.63, 3.8) is 0 Å². The lowest BCUT2D eigenvalue weighted by molar-refractivity contribution is -0.925. The van der Waals surface area contributed by atoms with Gasteiger partial charge >= 0.3 is 0 Å². The van der Waals surface area contributed by atoms with Gasteiger partial charge in [0.15, 0.2) is 9.84 Å². The van der Waals surface area contributed by atoms with Gasteiger partial charge in [0.2, 0.25) is 5.91 Å². The van der Waals surface area contributed by atoms with E-state index >= 15 is 0 Å². The van der Waals surface area contributed by atoms with Gasteiger partial charge in [-0.15, -0.1) is 0 Å². The molecule has 2 aliphatic rings. The first-order valence-electron chi connectivity index (χ1n) is 8.62. The number of benzene rings is 1. The van der Waals surface area contributed by atoms with Gasteiger partial charge in [-0.2, -0.15) is 0 Å². The Morgan fingerprint density at radius 1 is 1.32 bits per heavy atom. The number of aryl methyl sites for hydroxylation is 1. The van der Waals surface area contributed by atoms with Crippen molar-refractivity contribution < 1.29 is 18.1 Å². The third kappa shape index (κ3) is 4.63. The third-order valence-corrected chi connectivity index (χ3v) is 7.32. The number of carbonyl (C=O) groups is 1. The van der Waals surface area contributed by atoms with E-state index in [2.05, 4.69) is 0 Å². The van der Waals surface area contributed by atoms with Crippen LogP contribution in [0.4, 0.5) is 0 Å². The van der Waals surface area contributed by atoms with Crippen LogP contribution in [-0.2, 0) is 14.6 Å². The summed E-state index contributed by atoms with van der Waals surface area (Å²) in [6.07, 6.45) is 4.13. The molecule has 1 atom stereocenters. The summed E-state index contributed by atoms with van der Waals surface area (Å²) >= 11 is 6.10. The normalized spacial score (nSPS) is 24.1. The number of nitrogens with zero attached hydrogens (tertiary/aromatic N) is 1. The van der Waals surface area contributed by atoms with Crippen molar-refractivity contribution >= 4 is 33.4 Å². The maximum atomic E-state index is 12.4. The quantitative estimate of drug-likeness (QED) is 0.776. The fourth-order valence-corrected chi connectivity index (χ4v) is 5.54. The molecule has 1 amide bonds. The minimum atomic E-state index is -2.84. The van der Waals surface area contributed by atoms with E-state index in [0.29, 0.717) is 29.6 Å². The van der Waals surface area contributed by atoms with Gasteiger partial charge in [0.25, 0.3) is 0 Å². The van der Waals surface area contributed by atoms with E-state index in [9.17, 15) is 13.2 Å². The van der Waals surface area contributed by atoms with Crippen LogP contribution in [0.2, 0.25) is 5.02 Å². The van der Waals surface area contributed by atoms with Gasteiger partial charge in [0, 0.05) is 17.5 Å². The number of carbonyl (C=O) groups excluding carboxylic acids is 1. The molecule has 0 spiro atoms. The van der Waals surface area contributed by atoms with Crippen molar-refractivity contribution in [2.24, 2.45) is 0 Å². The fraction of sp³-hybridized carbons (Fsp3) is 0.500. The molecular formula is C18H24ClN2O3S+. The Labute approximate surface area is 154 Å². The van der Waals surface area contributed by atoms with Crippen LogP contribution >= 0.6 is 11.6 Å². The first-order chi connectivity index (χ1) is 11.8. The zero-order valence-electron chi connectivity index (χ0n) is 14.4. The topological polar surface area (TPSA) is 58.9 Å². The third-order valence-electron chi connectivity index (χ3n) is 5.14. The summed E-state index contributed by atoms with van der Waals surface area (Å²) in [6.45, 7) is 4.91. The molecule has 3 rings (SSSR count). The molecule has 0 saturated carbocycles. The Balaban J connectivity index is 1.53. The van der Waals surface area contributed by atoms with Gasteiger partial charge in [0.05, 0.1) is 31.9 Å². The molecule has 2 aliphatic heterocycles. The molecule has 0 aromatic heterocycles. The second-order valence-corrected chi connectivity index (χ2v) is 9.56. The Hall–Kier alpha value is -1.37. The van der Waals surface area contributed by atoms with Crippen molar-refractivity contribution in [2.75, 3.05) is 37.7 Å². The average molecular weight is 384 g/mol. The number of rotatable bonds is 3. The minimum absolute atomic E-state index is 0.00482. The molecule has 1 aromatic rings. The first kappa shape index (κ1) is 18.4. The van der Waals surface area contributed by atoms with E-state index in [-0.39, 0.29) is 11.9 Å². The maximum absolute atomic E-state index is 12.4. The van der Waals surface area contributed by atoms with Crippen LogP contribution in [-0.4, -0.2) is 63.0 Å². The van der Waals surface area contributed by atoms with Gasteiger partial charge in [0.1, 0.15) is 11.8 Å². The summed E-state index contributed by atoms with van der Waals surface area (Å²) < 4.78 is 23.2. The van der Waals surface area contributed by atoms with Gasteiger partial charge in [-0.05, 0) is 30.2 Å². The molecule has 25 heavy (non-hydrogen) atoms. The Morgan fingerprint density at radius 3 is 2.64 bits per heavy atom. The Bertz CT molecular complexity index is 784. The van der Waals surface area contributed by atoms with Crippen molar-refractivity contribution in [3.05, 3.63) is 40.4 Å². The van der Waals surface area contributed by atoms with E-state index in [4.69, 9.17) is 11.6 Å². The Kier molecular flexibility index (Phi) is 5.51. The predicted octanol–water partition coefficient (Wildman–Crippen LogP) is 0.576. The van der Waals surface area contributed by atoms with Crippen molar-refractivity contribution in [1.82, 2.24) is 4.90 Å². The highest BCUT2D eigenvalue weighted by Gasteiger charge is 2.37. The van der Waals surface area contributed by atoms with E-state index < -0.39 is 9.84 Å². The smallest absolute Gasteiger partial charge is 0.246 e. The van der Waals surface area contributed by atoms with Crippen LogP contribution in [0.15, 0.2) is 24.3 Å². The van der Waals surface area contributed by atoms with Crippen LogP contribution < -0.4 is 4.90 Å². The molecule has 2 fully saturated rings. The van der Waals surface area contributed by atoms with Gasteiger partial charge in [-0.3, -0.25) is 4.79 Å². The molecule has 0 radical (unpaired) electrons. The lowest BCUT2D eigenvalue weighted by Gasteiger charge is -2.34. The summed E-state index contributed by atoms with van der Waals surface area (Å²) in [5, 5.41) is 0.693. The van der Waals surface area contributed by atoms with E-state index in [0.717, 1.165) is 30.6 Å². The number of quaternary nitrogens is 1. The largest absolute Gasteiger partial charge is 0.329 e. The molecule has 1 N–H and O–H groups in total. The zero-order chi connectivity index (χ0) is 18.0. The predicted molar refractivity (Wildman–Crippen MR) is 99.6 cm³/mol. The van der Waals surface area contributed by atoms with Gasteiger partial charge in [-0.25, -0.2) is 8.42 Å². The highest BCUT2D eigenvalue weighted by atomic mass is 35.5. The number of hydrogen-bond donors (Lipinski definition) is 1. The van der Waals surface area contributed by atoms with Gasteiger partial charge in [-0.1, -0.05) is 23.7 Å². The second kappa shape index (κ2) is 7.48. The molecule has 2 saturated heterocycles. The molecule has 0 aliphatic carbocycles. The molecule has 1 aromatic carbocycles. The van der Waals surface area contributed by atoms with Crippen LogP contribution in [0.5, 0.6) is 0 Å². The van der Waals surface area contributed by atoms with E-state index in [1.807, 2.05) is 30.0 Å². The summed E-state index contributed by atoms with van der Waals surface area (Å²) in [5.74, 6) is 0.602. The average Bonchev–Trinajstić information content (AvgIpc) is 2.96. The standard InChI is InChI=1S/C18H23ClN2O3S/c1-14-2-3-15(12-17(14)19)4-5-18(22)21-9-7-20(8-10-21)16-6-11-25(23,24)13-16/h2-5,12,16H,6-11,13H2,1H3/p+1/b5-4+/t16-/m1/s1. The molecule has 136 valence electrons. The highest BCUT2D eigenvalue weighted by Crippen LogP contribution is 2.17. The first-order valence-corrected chi connectivity index (χ1v) is 10.8. The number of halogens is 1. The van der Waals surface area contributed by atoms with Crippen LogP contribution in [0.3, 0.4) is 0 Å². The van der Waals surface area contributed by atoms with Gasteiger partial charge < -0.3 is 9.80 Å². The Morgan fingerprint density at radius 2 is 2.04 bits per heavy atom. The molecule has 0 bridgehead atoms. The molecule has 5 nitrogen and oxygen atoms in total. The molecular weight excluding hydrogens is 360 g/mol. The molecule has 7 heteroatoms. The number of piperazine rings is 1. The van der Waals surface area contributed by atoms with Crippen LogP contribution in [0.1, 0.15) is 17.5 Å². The summed E-state index contributed by atoms with van der Waals surface area (Å²) in [6, 6.07) is 5.92. The minimum Gasteiger partial charge on any atom is -0.329 e. The summed E-state index contributed by atoms with van der Waals surface area (Å²) in [4.78, 5) is 15.5. The lowest BCUT2D eigenvalue weighted by atomic mass is 10.1. The van der Waals surface area contributed by atoms with Crippen LogP contribution in [0.25, 0.3) is 6.08 Å². The second-order valence-electron chi connectivity index (χ2n) is 6.93. The highest BCUT2D eigenvalue weighted by molar-refractivity contribution is 7.91. The van der Waals surface area contributed by atoms with Crippen LogP contribution in [0, 0.1) is 6.92 Å². The molecule has 0 unspecified atom stereocenters. The van der Waals surface area contributed by atoms with Crippen molar-refractivity contribution in [1.29, 1.82) is 0 Å². The van der Waals surface area contributed by atoms with E-state index in [1.54, 1.807) is 12.2 Å². The SMILES string of the molecule is Cc1ccc(/C=C/C(=O)N2CC[NH+]([C@@H]3CCS(=O)(=O)C3)CC2)cc1Cl. The van der Waals surface area contributed by atoms with E-state index in [1.165, 1.54) is 4.90 Å². The number of nitrogens with one attached hydrogen (secondary N) is 1. The maximum Gasteiger partial charge on any atom is 0.246 e. The molecule has 2 heterocycles. The fourth-order valence-electron chi connectivity index (χ4n) is 3.53. The van der Waals surface area contributed by atoms with Crippen molar-refractivity contribution in [3.8, 4) is 0 Å². The number of amides is 1. The van der Waals surface area contributed by atoms with Crippen molar-refractivity contribution in [2.45, 2.75) is 19.4 Å². The monoisotopic (exact) mass is 383 g/mol.